The summed E-state index contributed by atoms with van der Waals surface area (Å²) in [5, 5.41) is 0. The lowest BCUT2D eigenvalue weighted by molar-refractivity contribution is -0.156. The summed E-state index contributed by atoms with van der Waals surface area (Å²) in [7, 11) is 0. The van der Waals surface area contributed by atoms with Gasteiger partial charge in [0.25, 0.3) is 0 Å². The van der Waals surface area contributed by atoms with Crippen molar-refractivity contribution in [2.75, 3.05) is 0 Å². The number of hydrogen-bond donors (Lipinski definition) is 0. The Morgan fingerprint density at radius 1 is 1.53 bits per heavy atom. The van der Waals surface area contributed by atoms with Crippen LogP contribution in [0, 0.1) is 0 Å². The summed E-state index contributed by atoms with van der Waals surface area (Å²) < 4.78 is 11.8. The van der Waals surface area contributed by atoms with E-state index in [0.717, 1.165) is 22.2 Å². The molecule has 0 fully saturated rings. The lowest BCUT2D eigenvalue weighted by Gasteiger charge is -2.25. The summed E-state index contributed by atoms with van der Waals surface area (Å²) in [4.78, 5) is 11.7. The maximum Gasteiger partial charge on any atom is 0.347 e. The van der Waals surface area contributed by atoms with E-state index in [-0.39, 0.29) is 12.1 Å². The Bertz CT molecular complexity index is 429. The highest BCUT2D eigenvalue weighted by Gasteiger charge is 2.27. The Balaban J connectivity index is 2.08. The number of hydrogen-bond acceptors (Lipinski definition) is 3. The van der Waals surface area contributed by atoms with Crippen molar-refractivity contribution in [3.05, 3.63) is 28.2 Å². The van der Waals surface area contributed by atoms with Gasteiger partial charge in [0, 0.05) is 4.47 Å². The molecule has 1 aromatic rings. The molecule has 0 spiro atoms. The molecule has 0 saturated heterocycles. The van der Waals surface area contributed by atoms with Gasteiger partial charge in [-0.05, 0) is 50.5 Å². The summed E-state index contributed by atoms with van der Waals surface area (Å²) in [5.41, 5.74) is 1.13. The number of fused-ring (bicyclic) bond motifs is 1. The third-order valence-corrected chi connectivity index (χ3v) is 3.08. The zero-order valence-electron chi connectivity index (χ0n) is 9.90. The highest BCUT2D eigenvalue weighted by molar-refractivity contribution is 9.10. The van der Waals surface area contributed by atoms with E-state index < -0.39 is 6.10 Å². The standard InChI is InChI=1S/C13H15BrO3/c1-8(2)16-13(15)12-5-3-9-7-10(14)4-6-11(9)17-12/h4,6-8,12H,3,5H2,1-2H3. The van der Waals surface area contributed by atoms with Crippen molar-refractivity contribution in [3.8, 4) is 5.75 Å². The Labute approximate surface area is 109 Å². The van der Waals surface area contributed by atoms with Crippen molar-refractivity contribution in [1.82, 2.24) is 0 Å². The average Bonchev–Trinajstić information content (AvgIpc) is 2.27. The molecule has 4 heteroatoms. The quantitative estimate of drug-likeness (QED) is 0.787. The largest absolute Gasteiger partial charge is 0.478 e. The monoisotopic (exact) mass is 298 g/mol. The van der Waals surface area contributed by atoms with E-state index in [1.165, 1.54) is 0 Å². The van der Waals surface area contributed by atoms with E-state index in [1.54, 1.807) is 0 Å². The molecule has 2 rings (SSSR count). The van der Waals surface area contributed by atoms with Gasteiger partial charge in [-0.1, -0.05) is 15.9 Å². The molecular weight excluding hydrogens is 284 g/mol. The number of rotatable bonds is 2. The molecule has 3 nitrogen and oxygen atoms in total. The molecule has 92 valence electrons. The molecular formula is C13H15BrO3. The van der Waals surface area contributed by atoms with E-state index in [1.807, 2.05) is 32.0 Å². The Morgan fingerprint density at radius 2 is 2.29 bits per heavy atom. The third-order valence-electron chi connectivity index (χ3n) is 2.58. The van der Waals surface area contributed by atoms with Gasteiger partial charge in [-0.15, -0.1) is 0 Å². The minimum atomic E-state index is -0.467. The fourth-order valence-corrected chi connectivity index (χ4v) is 2.24. The average molecular weight is 299 g/mol. The van der Waals surface area contributed by atoms with Gasteiger partial charge in [-0.2, -0.15) is 0 Å². The summed E-state index contributed by atoms with van der Waals surface area (Å²) in [6.07, 6.45) is 0.949. The van der Waals surface area contributed by atoms with E-state index >= 15 is 0 Å². The molecule has 0 aliphatic carbocycles. The molecule has 1 heterocycles. The first kappa shape index (κ1) is 12.4. The second-order valence-electron chi connectivity index (χ2n) is 4.38. The lowest BCUT2D eigenvalue weighted by atomic mass is 10.0. The number of halogens is 1. The van der Waals surface area contributed by atoms with Crippen LogP contribution in [0.1, 0.15) is 25.8 Å². The fraction of sp³-hybridized carbons (Fsp3) is 0.462. The molecule has 1 aromatic carbocycles. The van der Waals surface area contributed by atoms with E-state index in [9.17, 15) is 4.79 Å². The van der Waals surface area contributed by atoms with Crippen molar-refractivity contribution < 1.29 is 14.3 Å². The van der Waals surface area contributed by atoms with E-state index in [2.05, 4.69) is 15.9 Å². The van der Waals surface area contributed by atoms with Crippen molar-refractivity contribution in [3.63, 3.8) is 0 Å². The topological polar surface area (TPSA) is 35.5 Å². The van der Waals surface area contributed by atoms with Gasteiger partial charge in [-0.25, -0.2) is 4.79 Å². The normalized spacial score (nSPS) is 18.5. The smallest absolute Gasteiger partial charge is 0.347 e. The predicted molar refractivity (Wildman–Crippen MR) is 68.1 cm³/mol. The number of carbonyl (C=O) groups excluding carboxylic acids is 1. The maximum absolute atomic E-state index is 11.7. The first-order chi connectivity index (χ1) is 8.06. The van der Waals surface area contributed by atoms with Crippen molar-refractivity contribution in [2.45, 2.75) is 38.9 Å². The third kappa shape index (κ3) is 3.00. The van der Waals surface area contributed by atoms with Crippen LogP contribution in [-0.2, 0) is 16.0 Å². The van der Waals surface area contributed by atoms with Gasteiger partial charge in [-0.3, -0.25) is 0 Å². The lowest BCUT2D eigenvalue weighted by Crippen LogP contribution is -2.34. The molecule has 1 aliphatic heterocycles. The number of esters is 1. The van der Waals surface area contributed by atoms with Gasteiger partial charge in [0.15, 0.2) is 6.10 Å². The Morgan fingerprint density at radius 3 is 3.00 bits per heavy atom. The van der Waals surface area contributed by atoms with Crippen LogP contribution < -0.4 is 4.74 Å². The zero-order chi connectivity index (χ0) is 12.4. The minimum Gasteiger partial charge on any atom is -0.478 e. The summed E-state index contributed by atoms with van der Waals surface area (Å²) in [6.45, 7) is 3.68. The molecule has 0 amide bonds. The highest BCUT2D eigenvalue weighted by atomic mass is 79.9. The number of benzene rings is 1. The van der Waals surface area contributed by atoms with Gasteiger partial charge in [0.2, 0.25) is 0 Å². The number of ether oxygens (including phenoxy) is 2. The van der Waals surface area contributed by atoms with Crippen molar-refractivity contribution in [2.24, 2.45) is 0 Å². The van der Waals surface area contributed by atoms with Crippen LogP contribution in [0.5, 0.6) is 5.75 Å². The van der Waals surface area contributed by atoms with Crippen LogP contribution in [0.2, 0.25) is 0 Å². The van der Waals surface area contributed by atoms with Crippen LogP contribution >= 0.6 is 15.9 Å². The molecule has 0 N–H and O–H groups in total. The number of aryl methyl sites for hydroxylation is 1. The Hall–Kier alpha value is -1.03. The van der Waals surface area contributed by atoms with Crippen LogP contribution in [0.25, 0.3) is 0 Å². The molecule has 17 heavy (non-hydrogen) atoms. The van der Waals surface area contributed by atoms with Gasteiger partial charge >= 0.3 is 5.97 Å². The SMILES string of the molecule is CC(C)OC(=O)C1CCc2cc(Br)ccc2O1. The second-order valence-corrected chi connectivity index (χ2v) is 5.30. The number of carbonyl (C=O) groups is 1. The molecule has 1 aliphatic rings. The predicted octanol–water partition coefficient (Wildman–Crippen LogP) is 3.09. The van der Waals surface area contributed by atoms with Crippen molar-refractivity contribution in [1.29, 1.82) is 0 Å². The zero-order valence-corrected chi connectivity index (χ0v) is 11.5. The maximum atomic E-state index is 11.7. The van der Waals surface area contributed by atoms with E-state index in [0.29, 0.717) is 6.42 Å². The van der Waals surface area contributed by atoms with Crippen LogP contribution in [0.4, 0.5) is 0 Å². The first-order valence-corrected chi connectivity index (χ1v) is 6.51. The summed E-state index contributed by atoms with van der Waals surface area (Å²) in [5.74, 6) is 0.513. The van der Waals surface area contributed by atoms with Crippen LogP contribution in [0.15, 0.2) is 22.7 Å². The molecule has 0 saturated carbocycles. The molecule has 0 radical (unpaired) electrons. The Kier molecular flexibility index (Phi) is 3.72. The minimum absolute atomic E-state index is 0.0996. The molecule has 1 unspecified atom stereocenters. The van der Waals surface area contributed by atoms with Gasteiger partial charge in [0.05, 0.1) is 6.10 Å². The van der Waals surface area contributed by atoms with Gasteiger partial charge < -0.3 is 9.47 Å². The first-order valence-electron chi connectivity index (χ1n) is 5.72. The highest BCUT2D eigenvalue weighted by Crippen LogP contribution is 2.30. The summed E-state index contributed by atoms with van der Waals surface area (Å²) in [6, 6.07) is 5.82. The summed E-state index contributed by atoms with van der Waals surface area (Å²) >= 11 is 3.42. The molecule has 0 bridgehead atoms. The second kappa shape index (κ2) is 5.08. The van der Waals surface area contributed by atoms with Crippen LogP contribution in [-0.4, -0.2) is 18.2 Å². The fourth-order valence-electron chi connectivity index (χ4n) is 1.83. The van der Waals surface area contributed by atoms with E-state index in [4.69, 9.17) is 9.47 Å². The van der Waals surface area contributed by atoms with Gasteiger partial charge in [0.1, 0.15) is 5.75 Å². The van der Waals surface area contributed by atoms with Crippen LogP contribution in [0.3, 0.4) is 0 Å². The molecule has 0 aromatic heterocycles. The molecule has 1 atom stereocenters. The van der Waals surface area contributed by atoms with Crippen molar-refractivity contribution >= 4 is 21.9 Å².